The molecule has 1 aliphatic rings. The van der Waals surface area contributed by atoms with E-state index in [1.54, 1.807) is 0 Å². The highest BCUT2D eigenvalue weighted by atomic mass is 32.3. The fourth-order valence-electron chi connectivity index (χ4n) is 2.24. The molecular weight excluding hydrogens is 321 g/mol. The maximum atomic E-state index is 12.8. The molecule has 1 aliphatic heterocycles. The second-order valence-corrected chi connectivity index (χ2v) is 8.06. The average Bonchev–Trinajstić information content (AvgIpc) is 2.46. The zero-order chi connectivity index (χ0) is 15.7. The van der Waals surface area contributed by atoms with Crippen LogP contribution >= 0.6 is 0 Å². The van der Waals surface area contributed by atoms with Crippen LogP contribution in [0, 0.1) is 0 Å². The Hall–Kier alpha value is -1.03. The lowest BCUT2D eigenvalue weighted by atomic mass is 10.1. The van der Waals surface area contributed by atoms with Gasteiger partial charge in [0.05, 0.1) is 15.9 Å². The van der Waals surface area contributed by atoms with Crippen molar-refractivity contribution in [3.63, 3.8) is 0 Å². The van der Waals surface area contributed by atoms with Gasteiger partial charge in [0.2, 0.25) is 10.0 Å². The minimum Gasteiger partial charge on any atom is -0.380 e. The summed E-state index contributed by atoms with van der Waals surface area (Å²) in [6.45, 7) is 0.632. The Kier molecular flexibility index (Phi) is 4.66. The molecule has 6 nitrogen and oxygen atoms in total. The molecule has 0 spiro atoms. The minimum absolute atomic E-state index is 0.0633. The van der Waals surface area contributed by atoms with Crippen LogP contribution in [0.2, 0.25) is 0 Å². The Morgan fingerprint density at radius 3 is 2.24 bits per heavy atom. The van der Waals surface area contributed by atoms with Crippen LogP contribution in [0.15, 0.2) is 34.1 Å². The molecule has 0 N–H and O–H groups in total. The van der Waals surface area contributed by atoms with Gasteiger partial charge in [0.1, 0.15) is 0 Å². The normalized spacial score (nSPS) is 21.3. The molecule has 1 aromatic rings. The number of hydrogen-bond acceptors (Lipinski definition) is 5. The predicted octanol–water partition coefficient (Wildman–Crippen LogP) is 1.14. The van der Waals surface area contributed by atoms with Gasteiger partial charge in [0, 0.05) is 20.2 Å². The SMILES string of the molecule is COC1CCCN(S(=O)(=O)c2ccc(S(=O)(=O)F)cc2)C1. The highest BCUT2D eigenvalue weighted by Gasteiger charge is 2.30. The molecule has 0 bridgehead atoms. The molecule has 0 amide bonds. The summed E-state index contributed by atoms with van der Waals surface area (Å²) >= 11 is 0. The first-order chi connectivity index (χ1) is 9.75. The third-order valence-electron chi connectivity index (χ3n) is 3.42. The van der Waals surface area contributed by atoms with Crippen molar-refractivity contribution in [1.82, 2.24) is 4.31 Å². The molecule has 9 heteroatoms. The maximum Gasteiger partial charge on any atom is 0.332 e. The predicted molar refractivity (Wildman–Crippen MR) is 73.5 cm³/mol. The fourth-order valence-corrected chi connectivity index (χ4v) is 4.21. The van der Waals surface area contributed by atoms with Crippen LogP contribution in [-0.4, -0.2) is 47.4 Å². The standard InChI is InChI=1S/C12H16FNO5S2/c1-19-10-3-2-8-14(9-10)21(17,18)12-6-4-11(5-7-12)20(13,15)16/h4-7,10H,2-3,8-9H2,1H3. The van der Waals surface area contributed by atoms with Gasteiger partial charge in [-0.15, -0.1) is 3.89 Å². The smallest absolute Gasteiger partial charge is 0.332 e. The van der Waals surface area contributed by atoms with Gasteiger partial charge >= 0.3 is 10.2 Å². The number of nitrogens with zero attached hydrogens (tertiary/aromatic N) is 1. The van der Waals surface area contributed by atoms with E-state index in [0.717, 1.165) is 30.7 Å². The molecule has 1 heterocycles. The van der Waals surface area contributed by atoms with Crippen LogP contribution in [0.3, 0.4) is 0 Å². The largest absolute Gasteiger partial charge is 0.380 e. The summed E-state index contributed by atoms with van der Waals surface area (Å²) in [6.07, 6.45) is 1.33. The summed E-state index contributed by atoms with van der Waals surface area (Å²) in [5.74, 6) is 0. The quantitative estimate of drug-likeness (QED) is 0.770. The average molecular weight is 337 g/mol. The van der Waals surface area contributed by atoms with Gasteiger partial charge < -0.3 is 4.74 Å². The summed E-state index contributed by atoms with van der Waals surface area (Å²) in [4.78, 5) is -0.624. The number of rotatable bonds is 4. The number of hydrogen-bond donors (Lipinski definition) is 0. The molecule has 0 aliphatic carbocycles. The van der Waals surface area contributed by atoms with Gasteiger partial charge in [0.25, 0.3) is 0 Å². The molecule has 1 atom stereocenters. The molecule has 118 valence electrons. The second kappa shape index (κ2) is 5.99. The molecule has 1 fully saturated rings. The Morgan fingerprint density at radius 1 is 1.14 bits per heavy atom. The Labute approximate surface area is 123 Å². The molecule has 1 unspecified atom stereocenters. The van der Waals surface area contributed by atoms with Gasteiger partial charge in [-0.05, 0) is 37.1 Å². The molecule has 0 radical (unpaired) electrons. The number of halogens is 1. The molecule has 0 saturated carbocycles. The van der Waals surface area contributed by atoms with E-state index >= 15 is 0 Å². The Bertz CT molecular complexity index is 700. The van der Waals surface area contributed by atoms with Crippen LogP contribution in [0.4, 0.5) is 3.89 Å². The lowest BCUT2D eigenvalue weighted by Crippen LogP contribution is -2.42. The van der Waals surface area contributed by atoms with Crippen molar-refractivity contribution >= 4 is 20.2 Å². The molecular formula is C12H16FNO5S2. The highest BCUT2D eigenvalue weighted by Crippen LogP contribution is 2.23. The number of methoxy groups -OCH3 is 1. The Balaban J connectivity index is 2.27. The van der Waals surface area contributed by atoms with E-state index in [9.17, 15) is 20.7 Å². The highest BCUT2D eigenvalue weighted by molar-refractivity contribution is 7.89. The monoisotopic (exact) mass is 337 g/mol. The molecule has 1 aromatic carbocycles. The van der Waals surface area contributed by atoms with Gasteiger partial charge in [-0.1, -0.05) is 0 Å². The van der Waals surface area contributed by atoms with E-state index in [4.69, 9.17) is 4.74 Å². The van der Waals surface area contributed by atoms with E-state index in [2.05, 4.69) is 0 Å². The van der Waals surface area contributed by atoms with E-state index in [1.807, 2.05) is 0 Å². The summed E-state index contributed by atoms with van der Waals surface area (Å²) < 4.78 is 65.6. The first kappa shape index (κ1) is 16.3. The maximum absolute atomic E-state index is 12.8. The molecule has 21 heavy (non-hydrogen) atoms. The van der Waals surface area contributed by atoms with E-state index in [0.29, 0.717) is 13.0 Å². The van der Waals surface area contributed by atoms with E-state index in [-0.39, 0.29) is 17.5 Å². The minimum atomic E-state index is -4.83. The zero-order valence-electron chi connectivity index (χ0n) is 11.4. The molecule has 2 rings (SSSR count). The summed E-state index contributed by atoms with van der Waals surface area (Å²) in [5.41, 5.74) is 0. The number of sulfonamides is 1. The number of piperidine rings is 1. The van der Waals surface area contributed by atoms with Gasteiger partial charge in [-0.2, -0.15) is 12.7 Å². The second-order valence-electron chi connectivity index (χ2n) is 4.77. The summed E-state index contributed by atoms with van der Waals surface area (Å²) in [5, 5.41) is 0. The summed E-state index contributed by atoms with van der Waals surface area (Å²) in [6, 6.07) is 4.08. The van der Waals surface area contributed by atoms with Crippen molar-refractivity contribution in [3.8, 4) is 0 Å². The first-order valence-electron chi connectivity index (χ1n) is 6.33. The number of ether oxygens (including phenoxy) is 1. The van der Waals surface area contributed by atoms with Crippen LogP contribution in [0.1, 0.15) is 12.8 Å². The van der Waals surface area contributed by atoms with Crippen molar-refractivity contribution in [3.05, 3.63) is 24.3 Å². The van der Waals surface area contributed by atoms with Crippen molar-refractivity contribution < 1.29 is 25.5 Å². The zero-order valence-corrected chi connectivity index (χ0v) is 13.0. The van der Waals surface area contributed by atoms with Crippen LogP contribution in [0.5, 0.6) is 0 Å². The van der Waals surface area contributed by atoms with Crippen molar-refractivity contribution in [1.29, 1.82) is 0 Å². The lowest BCUT2D eigenvalue weighted by molar-refractivity contribution is 0.0572. The summed E-state index contributed by atoms with van der Waals surface area (Å²) in [7, 11) is -7.03. The van der Waals surface area contributed by atoms with Gasteiger partial charge in [-0.3, -0.25) is 0 Å². The van der Waals surface area contributed by atoms with Crippen LogP contribution in [0.25, 0.3) is 0 Å². The number of benzene rings is 1. The van der Waals surface area contributed by atoms with E-state index in [1.165, 1.54) is 11.4 Å². The van der Waals surface area contributed by atoms with Crippen molar-refractivity contribution in [2.75, 3.05) is 20.2 Å². The first-order valence-corrected chi connectivity index (χ1v) is 9.15. The van der Waals surface area contributed by atoms with Crippen LogP contribution in [-0.2, 0) is 25.0 Å². The lowest BCUT2D eigenvalue weighted by Gasteiger charge is -2.31. The third kappa shape index (κ3) is 3.60. The van der Waals surface area contributed by atoms with Gasteiger partial charge in [0.15, 0.2) is 0 Å². The van der Waals surface area contributed by atoms with Crippen molar-refractivity contribution in [2.24, 2.45) is 0 Å². The van der Waals surface area contributed by atoms with Crippen molar-refractivity contribution in [2.45, 2.75) is 28.7 Å². The van der Waals surface area contributed by atoms with Crippen LogP contribution < -0.4 is 0 Å². The van der Waals surface area contributed by atoms with Gasteiger partial charge in [-0.25, -0.2) is 8.42 Å². The molecule has 1 saturated heterocycles. The topological polar surface area (TPSA) is 80.8 Å². The molecule has 0 aromatic heterocycles. The Morgan fingerprint density at radius 2 is 1.71 bits per heavy atom. The van der Waals surface area contributed by atoms with E-state index < -0.39 is 25.1 Å². The third-order valence-corrected chi connectivity index (χ3v) is 6.13. The fraction of sp³-hybridized carbons (Fsp3) is 0.500.